The van der Waals surface area contributed by atoms with E-state index < -0.39 is 6.10 Å². The Balaban J connectivity index is 1.47. The van der Waals surface area contributed by atoms with E-state index in [9.17, 15) is 9.50 Å². The van der Waals surface area contributed by atoms with E-state index in [0.717, 1.165) is 11.1 Å². The highest BCUT2D eigenvalue weighted by Gasteiger charge is 2.08. The van der Waals surface area contributed by atoms with Crippen molar-refractivity contribution in [1.29, 1.82) is 0 Å². The van der Waals surface area contributed by atoms with E-state index in [4.69, 9.17) is 16.3 Å². The van der Waals surface area contributed by atoms with E-state index in [1.54, 1.807) is 12.1 Å². The molecule has 0 aromatic heterocycles. The standard InChI is InChI=1S/C22H21ClFNO2/c23-20-7-4-8-21(24)19(20)15-27-18-11-9-16(10-12-18)13-25-14-22(26)17-5-2-1-3-6-17/h1-12,22,25-26H,13-15H2/t22-/m0/s1. The molecule has 0 unspecified atom stereocenters. The van der Waals surface area contributed by atoms with Crippen LogP contribution in [0.4, 0.5) is 4.39 Å². The van der Waals surface area contributed by atoms with Crippen molar-refractivity contribution < 1.29 is 14.2 Å². The minimum atomic E-state index is -0.542. The van der Waals surface area contributed by atoms with Gasteiger partial charge >= 0.3 is 0 Å². The maximum Gasteiger partial charge on any atom is 0.131 e. The molecular formula is C22H21ClFNO2. The average molecular weight is 386 g/mol. The summed E-state index contributed by atoms with van der Waals surface area (Å²) in [5.41, 5.74) is 2.30. The molecule has 0 aliphatic carbocycles. The van der Waals surface area contributed by atoms with Gasteiger partial charge in [-0.1, -0.05) is 60.1 Å². The summed E-state index contributed by atoms with van der Waals surface area (Å²) in [6, 6.07) is 21.6. The van der Waals surface area contributed by atoms with E-state index in [1.165, 1.54) is 6.07 Å². The Labute approximate surface area is 163 Å². The fraction of sp³-hybridized carbons (Fsp3) is 0.182. The molecule has 0 saturated heterocycles. The summed E-state index contributed by atoms with van der Waals surface area (Å²) in [6.45, 7) is 1.17. The van der Waals surface area contributed by atoms with Crippen molar-refractivity contribution >= 4 is 11.6 Å². The number of hydrogen-bond acceptors (Lipinski definition) is 3. The van der Waals surface area contributed by atoms with Gasteiger partial charge in [0.15, 0.2) is 0 Å². The number of ether oxygens (including phenoxy) is 1. The fourth-order valence-corrected chi connectivity index (χ4v) is 2.89. The zero-order chi connectivity index (χ0) is 19.1. The molecule has 0 aliphatic heterocycles. The summed E-state index contributed by atoms with van der Waals surface area (Å²) >= 11 is 6.00. The molecule has 0 spiro atoms. The first-order chi connectivity index (χ1) is 13.1. The number of benzene rings is 3. The van der Waals surface area contributed by atoms with Crippen molar-refractivity contribution in [3.8, 4) is 5.75 Å². The lowest BCUT2D eigenvalue weighted by Gasteiger charge is -2.13. The van der Waals surface area contributed by atoms with Crippen molar-refractivity contribution in [3.05, 3.63) is 100 Å². The first-order valence-electron chi connectivity index (χ1n) is 8.72. The molecule has 3 aromatic carbocycles. The van der Waals surface area contributed by atoms with Crippen LogP contribution in [0.1, 0.15) is 22.8 Å². The Morgan fingerprint density at radius 1 is 0.963 bits per heavy atom. The monoisotopic (exact) mass is 385 g/mol. The second-order valence-electron chi connectivity index (χ2n) is 6.19. The lowest BCUT2D eigenvalue weighted by molar-refractivity contribution is 0.174. The lowest BCUT2D eigenvalue weighted by atomic mass is 10.1. The third-order valence-corrected chi connectivity index (χ3v) is 4.57. The molecule has 3 nitrogen and oxygen atoms in total. The lowest BCUT2D eigenvalue weighted by Crippen LogP contribution is -2.21. The molecule has 27 heavy (non-hydrogen) atoms. The normalized spacial score (nSPS) is 12.0. The zero-order valence-electron chi connectivity index (χ0n) is 14.7. The number of aliphatic hydroxyl groups is 1. The summed E-state index contributed by atoms with van der Waals surface area (Å²) < 4.78 is 19.4. The number of nitrogens with one attached hydrogen (secondary N) is 1. The summed E-state index contributed by atoms with van der Waals surface area (Å²) in [4.78, 5) is 0. The van der Waals surface area contributed by atoms with Gasteiger partial charge < -0.3 is 15.2 Å². The molecule has 1 atom stereocenters. The summed E-state index contributed by atoms with van der Waals surface area (Å²) in [6.07, 6.45) is -0.542. The largest absolute Gasteiger partial charge is 0.489 e. The van der Waals surface area contributed by atoms with Crippen LogP contribution in [-0.2, 0) is 13.2 Å². The minimum Gasteiger partial charge on any atom is -0.489 e. The van der Waals surface area contributed by atoms with Gasteiger partial charge in [-0.3, -0.25) is 0 Å². The molecule has 0 amide bonds. The van der Waals surface area contributed by atoms with Gasteiger partial charge in [-0.2, -0.15) is 0 Å². The summed E-state index contributed by atoms with van der Waals surface area (Å²) in [5.74, 6) is 0.266. The van der Waals surface area contributed by atoms with Crippen molar-refractivity contribution in [2.75, 3.05) is 6.54 Å². The van der Waals surface area contributed by atoms with E-state index in [1.807, 2.05) is 54.6 Å². The molecule has 0 fully saturated rings. The van der Waals surface area contributed by atoms with Crippen LogP contribution in [0.2, 0.25) is 5.02 Å². The first kappa shape index (κ1) is 19.4. The Morgan fingerprint density at radius 3 is 2.41 bits per heavy atom. The van der Waals surface area contributed by atoms with Crippen LogP contribution in [0.25, 0.3) is 0 Å². The highest BCUT2D eigenvalue weighted by Crippen LogP contribution is 2.21. The molecule has 0 radical (unpaired) electrons. The molecular weight excluding hydrogens is 365 g/mol. The minimum absolute atomic E-state index is 0.0758. The van der Waals surface area contributed by atoms with Crippen LogP contribution >= 0.6 is 11.6 Å². The Kier molecular flexibility index (Phi) is 6.82. The van der Waals surface area contributed by atoms with Gasteiger partial charge in [0.05, 0.1) is 11.1 Å². The maximum absolute atomic E-state index is 13.8. The molecule has 0 saturated carbocycles. The van der Waals surface area contributed by atoms with Gasteiger partial charge in [0, 0.05) is 18.7 Å². The Bertz CT molecular complexity index is 836. The Morgan fingerprint density at radius 2 is 1.70 bits per heavy atom. The summed E-state index contributed by atoms with van der Waals surface area (Å²) in [7, 11) is 0. The summed E-state index contributed by atoms with van der Waals surface area (Å²) in [5, 5.41) is 13.7. The van der Waals surface area contributed by atoms with Crippen LogP contribution in [0.15, 0.2) is 72.8 Å². The Hall–Kier alpha value is -2.40. The van der Waals surface area contributed by atoms with Gasteiger partial charge in [0.1, 0.15) is 18.2 Å². The SMILES string of the molecule is O[C@@H](CNCc1ccc(OCc2c(F)cccc2Cl)cc1)c1ccccc1. The smallest absolute Gasteiger partial charge is 0.131 e. The molecule has 0 aliphatic rings. The second kappa shape index (κ2) is 9.51. The van der Waals surface area contributed by atoms with Gasteiger partial charge in [-0.15, -0.1) is 0 Å². The zero-order valence-corrected chi connectivity index (χ0v) is 15.5. The highest BCUT2D eigenvalue weighted by atomic mass is 35.5. The van der Waals surface area contributed by atoms with Crippen LogP contribution in [-0.4, -0.2) is 11.7 Å². The average Bonchev–Trinajstić information content (AvgIpc) is 2.69. The van der Waals surface area contributed by atoms with Gasteiger partial charge in [0.25, 0.3) is 0 Å². The van der Waals surface area contributed by atoms with E-state index in [-0.39, 0.29) is 12.4 Å². The van der Waals surface area contributed by atoms with Crippen LogP contribution < -0.4 is 10.1 Å². The second-order valence-corrected chi connectivity index (χ2v) is 6.60. The first-order valence-corrected chi connectivity index (χ1v) is 9.09. The molecule has 140 valence electrons. The number of rotatable bonds is 8. The molecule has 3 rings (SSSR count). The van der Waals surface area contributed by atoms with Crippen LogP contribution in [0.5, 0.6) is 5.75 Å². The third-order valence-electron chi connectivity index (χ3n) is 4.22. The number of hydrogen-bond donors (Lipinski definition) is 2. The molecule has 2 N–H and O–H groups in total. The molecule has 5 heteroatoms. The van der Waals surface area contributed by atoms with E-state index >= 15 is 0 Å². The van der Waals surface area contributed by atoms with Crippen molar-refractivity contribution in [1.82, 2.24) is 5.32 Å². The van der Waals surface area contributed by atoms with Crippen LogP contribution in [0, 0.1) is 5.82 Å². The van der Waals surface area contributed by atoms with Crippen LogP contribution in [0.3, 0.4) is 0 Å². The predicted molar refractivity (Wildman–Crippen MR) is 105 cm³/mol. The van der Waals surface area contributed by atoms with Crippen molar-refractivity contribution in [2.24, 2.45) is 0 Å². The van der Waals surface area contributed by atoms with E-state index in [2.05, 4.69) is 5.32 Å². The topological polar surface area (TPSA) is 41.5 Å². The molecule has 0 heterocycles. The van der Waals surface area contributed by atoms with Crippen molar-refractivity contribution in [3.63, 3.8) is 0 Å². The molecule has 3 aromatic rings. The predicted octanol–water partition coefficient (Wildman–Crippen LogP) is 4.88. The maximum atomic E-state index is 13.8. The number of aliphatic hydroxyl groups excluding tert-OH is 1. The van der Waals surface area contributed by atoms with E-state index in [0.29, 0.717) is 29.4 Å². The highest BCUT2D eigenvalue weighted by molar-refractivity contribution is 6.31. The number of halogens is 2. The van der Waals surface area contributed by atoms with Gasteiger partial charge in [-0.05, 0) is 35.4 Å². The van der Waals surface area contributed by atoms with Crippen molar-refractivity contribution in [2.45, 2.75) is 19.3 Å². The molecule has 0 bridgehead atoms. The van der Waals surface area contributed by atoms with Gasteiger partial charge in [0.2, 0.25) is 0 Å². The third kappa shape index (κ3) is 5.54. The fourth-order valence-electron chi connectivity index (χ4n) is 2.68. The quantitative estimate of drug-likeness (QED) is 0.580. The van der Waals surface area contributed by atoms with Gasteiger partial charge in [-0.25, -0.2) is 4.39 Å².